The van der Waals surface area contributed by atoms with Crippen LogP contribution >= 0.6 is 12.4 Å². The third kappa shape index (κ3) is 4.47. The molecule has 3 rings (SSSR count). The Hall–Kier alpha value is -2.26. The highest BCUT2D eigenvalue weighted by molar-refractivity contribution is 5.94. The molecule has 2 heterocycles. The van der Waals surface area contributed by atoms with Crippen LogP contribution in [0.15, 0.2) is 24.3 Å². The summed E-state index contributed by atoms with van der Waals surface area (Å²) in [5.74, 6) is -0.639. The number of hydrogen-bond acceptors (Lipinski definition) is 4. The highest BCUT2D eigenvalue weighted by Crippen LogP contribution is 2.35. The second-order valence-electron chi connectivity index (χ2n) is 5.55. The number of hydrogen-bond donors (Lipinski definition) is 3. The van der Waals surface area contributed by atoms with Crippen molar-refractivity contribution >= 4 is 18.3 Å². The first-order valence-electron chi connectivity index (χ1n) is 7.81. The summed E-state index contributed by atoms with van der Waals surface area (Å²) in [6.07, 6.45) is -3.71. The first-order valence-corrected chi connectivity index (χ1v) is 7.81. The van der Waals surface area contributed by atoms with E-state index in [0.717, 1.165) is 30.3 Å². The Kier molecular flexibility index (Phi) is 6.49. The SMILES string of the molecule is Cl.O=C(NCCOc1ccccc1C(F)(F)F)c1n[nH]c2c1CNCC2. The molecular formula is C16H18ClF3N4O2. The summed E-state index contributed by atoms with van der Waals surface area (Å²) in [5.41, 5.74) is 1.22. The Morgan fingerprint density at radius 2 is 2.08 bits per heavy atom. The first-order chi connectivity index (χ1) is 12.0. The molecule has 0 saturated carbocycles. The van der Waals surface area contributed by atoms with Crippen LogP contribution in [0.25, 0.3) is 0 Å². The van der Waals surface area contributed by atoms with Gasteiger partial charge in [-0.1, -0.05) is 12.1 Å². The number of aromatic amines is 1. The molecule has 1 aromatic heterocycles. The number of benzene rings is 1. The summed E-state index contributed by atoms with van der Waals surface area (Å²) in [6, 6.07) is 4.97. The number of carbonyl (C=O) groups is 1. The van der Waals surface area contributed by atoms with Crippen molar-refractivity contribution in [3.63, 3.8) is 0 Å². The van der Waals surface area contributed by atoms with Gasteiger partial charge in [-0.25, -0.2) is 0 Å². The first kappa shape index (κ1) is 20.1. The summed E-state index contributed by atoms with van der Waals surface area (Å²) >= 11 is 0. The normalized spacial score (nSPS) is 13.5. The van der Waals surface area contributed by atoms with Crippen LogP contribution in [0.3, 0.4) is 0 Å². The number of nitrogens with one attached hydrogen (secondary N) is 3. The van der Waals surface area contributed by atoms with E-state index in [0.29, 0.717) is 12.2 Å². The quantitative estimate of drug-likeness (QED) is 0.684. The topological polar surface area (TPSA) is 79.0 Å². The molecule has 3 N–H and O–H groups in total. The fourth-order valence-electron chi connectivity index (χ4n) is 2.65. The van der Waals surface area contributed by atoms with Crippen molar-refractivity contribution in [3.8, 4) is 5.75 Å². The van der Waals surface area contributed by atoms with Crippen molar-refractivity contribution in [3.05, 3.63) is 46.8 Å². The number of amides is 1. The smallest absolute Gasteiger partial charge is 0.419 e. The van der Waals surface area contributed by atoms with E-state index in [9.17, 15) is 18.0 Å². The summed E-state index contributed by atoms with van der Waals surface area (Å²) in [7, 11) is 0. The predicted octanol–water partition coefficient (Wildman–Crippen LogP) is 2.30. The molecule has 2 aromatic rings. The summed E-state index contributed by atoms with van der Waals surface area (Å²) in [5, 5.41) is 12.6. The Balaban J connectivity index is 0.00000243. The maximum atomic E-state index is 12.9. The Morgan fingerprint density at radius 3 is 2.85 bits per heavy atom. The van der Waals surface area contributed by atoms with Crippen molar-refractivity contribution in [2.45, 2.75) is 19.1 Å². The van der Waals surface area contributed by atoms with Gasteiger partial charge < -0.3 is 15.4 Å². The lowest BCUT2D eigenvalue weighted by Crippen LogP contribution is -2.31. The molecule has 0 spiro atoms. The maximum absolute atomic E-state index is 12.9. The van der Waals surface area contributed by atoms with E-state index in [1.54, 1.807) is 0 Å². The average Bonchev–Trinajstić information content (AvgIpc) is 3.02. The molecule has 1 aliphatic rings. The number of alkyl halides is 3. The van der Waals surface area contributed by atoms with Crippen LogP contribution in [-0.2, 0) is 19.1 Å². The van der Waals surface area contributed by atoms with Crippen molar-refractivity contribution in [2.24, 2.45) is 0 Å². The molecule has 1 aliphatic heterocycles. The van der Waals surface area contributed by atoms with Crippen LogP contribution in [-0.4, -0.2) is 35.8 Å². The number of rotatable bonds is 5. The number of halogens is 4. The molecule has 0 fully saturated rings. The lowest BCUT2D eigenvalue weighted by atomic mass is 10.1. The Labute approximate surface area is 153 Å². The fraction of sp³-hybridized carbons (Fsp3) is 0.375. The molecule has 10 heteroatoms. The number of aromatic nitrogens is 2. The summed E-state index contributed by atoms with van der Waals surface area (Å²) in [4.78, 5) is 12.2. The van der Waals surface area contributed by atoms with Gasteiger partial charge >= 0.3 is 6.18 Å². The summed E-state index contributed by atoms with van der Waals surface area (Å²) < 4.78 is 43.8. The Morgan fingerprint density at radius 1 is 1.31 bits per heavy atom. The third-order valence-corrected chi connectivity index (χ3v) is 3.86. The highest BCUT2D eigenvalue weighted by Gasteiger charge is 2.34. The van der Waals surface area contributed by atoms with E-state index in [4.69, 9.17) is 4.74 Å². The molecular weight excluding hydrogens is 373 g/mol. The number of H-pyrrole nitrogens is 1. The van der Waals surface area contributed by atoms with Gasteiger partial charge in [-0.2, -0.15) is 18.3 Å². The van der Waals surface area contributed by atoms with Crippen molar-refractivity contribution in [1.29, 1.82) is 0 Å². The molecule has 0 radical (unpaired) electrons. The molecule has 1 aromatic carbocycles. The molecule has 0 atom stereocenters. The number of nitrogens with zero attached hydrogens (tertiary/aromatic N) is 1. The second-order valence-corrected chi connectivity index (χ2v) is 5.55. The standard InChI is InChI=1S/C16H17F3N4O2.ClH/c17-16(18,19)11-3-1-2-4-13(11)25-8-7-21-15(24)14-10-9-20-6-5-12(10)22-23-14;/h1-4,20H,5-9H2,(H,21,24)(H,22,23);1H. The number of para-hydroxylation sites is 1. The monoisotopic (exact) mass is 390 g/mol. The fourth-order valence-corrected chi connectivity index (χ4v) is 2.65. The van der Waals surface area contributed by atoms with E-state index in [1.807, 2.05) is 0 Å². The second kappa shape index (κ2) is 8.41. The van der Waals surface area contributed by atoms with E-state index < -0.39 is 11.7 Å². The zero-order valence-corrected chi connectivity index (χ0v) is 14.5. The average molecular weight is 391 g/mol. The van der Waals surface area contributed by atoms with E-state index >= 15 is 0 Å². The summed E-state index contributed by atoms with van der Waals surface area (Å²) in [6.45, 7) is 1.37. The lowest BCUT2D eigenvalue weighted by Gasteiger charge is -2.14. The van der Waals surface area contributed by atoms with Gasteiger partial charge in [0.2, 0.25) is 0 Å². The largest absolute Gasteiger partial charge is 0.491 e. The molecule has 0 unspecified atom stereocenters. The van der Waals surface area contributed by atoms with Crippen LogP contribution in [0, 0.1) is 0 Å². The van der Waals surface area contributed by atoms with E-state index in [-0.39, 0.29) is 37.2 Å². The maximum Gasteiger partial charge on any atom is 0.419 e. The van der Waals surface area contributed by atoms with Crippen LogP contribution in [0.4, 0.5) is 13.2 Å². The molecule has 0 aliphatic carbocycles. The molecule has 26 heavy (non-hydrogen) atoms. The minimum absolute atomic E-state index is 0. The highest BCUT2D eigenvalue weighted by atomic mass is 35.5. The molecule has 1 amide bonds. The lowest BCUT2D eigenvalue weighted by molar-refractivity contribution is -0.138. The van der Waals surface area contributed by atoms with Gasteiger partial charge in [0.05, 0.1) is 12.1 Å². The number of carbonyl (C=O) groups excluding carboxylic acids is 1. The van der Waals surface area contributed by atoms with Gasteiger partial charge in [0.25, 0.3) is 5.91 Å². The molecule has 0 bridgehead atoms. The minimum atomic E-state index is -4.49. The van der Waals surface area contributed by atoms with Gasteiger partial charge in [-0.3, -0.25) is 9.89 Å². The van der Waals surface area contributed by atoms with E-state index in [2.05, 4.69) is 20.8 Å². The van der Waals surface area contributed by atoms with Crippen LogP contribution < -0.4 is 15.4 Å². The zero-order chi connectivity index (χ0) is 17.9. The van der Waals surface area contributed by atoms with Crippen LogP contribution in [0.1, 0.15) is 27.3 Å². The molecule has 6 nitrogen and oxygen atoms in total. The minimum Gasteiger partial charge on any atom is -0.491 e. The van der Waals surface area contributed by atoms with Crippen molar-refractivity contribution in [1.82, 2.24) is 20.8 Å². The number of fused-ring (bicyclic) bond motifs is 1. The molecule has 142 valence electrons. The van der Waals surface area contributed by atoms with Gasteiger partial charge in [-0.05, 0) is 12.1 Å². The van der Waals surface area contributed by atoms with Gasteiger partial charge in [0, 0.05) is 30.8 Å². The van der Waals surface area contributed by atoms with Gasteiger partial charge in [-0.15, -0.1) is 12.4 Å². The van der Waals surface area contributed by atoms with Crippen molar-refractivity contribution < 1.29 is 22.7 Å². The third-order valence-electron chi connectivity index (χ3n) is 3.86. The number of ether oxygens (including phenoxy) is 1. The van der Waals surface area contributed by atoms with Crippen LogP contribution in [0.2, 0.25) is 0 Å². The van der Waals surface area contributed by atoms with Gasteiger partial charge in [0.15, 0.2) is 5.69 Å². The Bertz CT molecular complexity index is 764. The van der Waals surface area contributed by atoms with Crippen molar-refractivity contribution in [2.75, 3.05) is 19.7 Å². The van der Waals surface area contributed by atoms with E-state index in [1.165, 1.54) is 18.2 Å². The molecule has 0 saturated heterocycles. The van der Waals surface area contributed by atoms with Gasteiger partial charge in [0.1, 0.15) is 12.4 Å². The predicted molar refractivity (Wildman–Crippen MR) is 90.5 cm³/mol. The van der Waals surface area contributed by atoms with Crippen LogP contribution in [0.5, 0.6) is 5.75 Å². The zero-order valence-electron chi connectivity index (χ0n) is 13.7.